The molecule has 0 aliphatic heterocycles. The highest BCUT2D eigenvalue weighted by molar-refractivity contribution is 5.91. The fourth-order valence-corrected chi connectivity index (χ4v) is 17.7. The van der Waals surface area contributed by atoms with E-state index in [-0.39, 0.29) is 73.3 Å². The lowest BCUT2D eigenvalue weighted by Crippen LogP contribution is -2.35. The summed E-state index contributed by atoms with van der Waals surface area (Å²) in [5, 5.41) is 14.6. The van der Waals surface area contributed by atoms with E-state index in [2.05, 4.69) is 396 Å². The van der Waals surface area contributed by atoms with Crippen LogP contribution in [0, 0.1) is 74.2 Å². The van der Waals surface area contributed by atoms with Gasteiger partial charge in [0.25, 0.3) is 16.7 Å². The van der Waals surface area contributed by atoms with Gasteiger partial charge in [-0.05, 0) is 356 Å². The van der Waals surface area contributed by atoms with Crippen molar-refractivity contribution < 1.29 is 0 Å². The van der Waals surface area contributed by atoms with Crippen molar-refractivity contribution in [2.45, 2.75) is 313 Å². The van der Waals surface area contributed by atoms with E-state index in [0.717, 1.165) is 60.6 Å². The zero-order valence-corrected chi connectivity index (χ0v) is 93.9. The minimum absolute atomic E-state index is 0. The minimum Gasteiger partial charge on any atom is -0.327 e. The highest BCUT2D eigenvalue weighted by atomic mass is 16.1. The molecule has 0 spiro atoms. The molecule has 0 unspecified atom stereocenters. The van der Waals surface area contributed by atoms with Crippen molar-refractivity contribution in [1.82, 2.24) is 33.2 Å². The second kappa shape index (κ2) is 48.8. The van der Waals surface area contributed by atoms with Crippen LogP contribution in [0.5, 0.6) is 0 Å². The molecule has 18 aromatic rings. The average Bonchev–Trinajstić information content (AvgIpc) is 1.61. The molecular formula is C135H167N7O3. The second-order valence-electron chi connectivity index (χ2n) is 47.3. The Kier molecular flexibility index (Phi) is 39.3. The van der Waals surface area contributed by atoms with Crippen molar-refractivity contribution in [3.8, 4) is 23.2 Å². The molecule has 0 saturated heterocycles. The Bertz CT molecular complexity index is 7620. The number of benzene rings is 11. The Balaban J connectivity index is 0.000000197. The summed E-state index contributed by atoms with van der Waals surface area (Å²) in [5.41, 5.74) is 24.1. The third-order valence-corrected chi connectivity index (χ3v) is 25.6. The molecule has 11 aromatic carbocycles. The molecule has 0 N–H and O–H groups in total. The molecule has 7 aromatic heterocycles. The Hall–Kier alpha value is -13.6. The molecular weight excluding hydrogens is 1770 g/mol. The van der Waals surface area contributed by atoms with E-state index in [1.807, 2.05) is 193 Å². The van der Waals surface area contributed by atoms with Crippen LogP contribution in [0.15, 0.2) is 331 Å². The van der Waals surface area contributed by atoms with Gasteiger partial charge in [-0.2, -0.15) is 0 Å². The summed E-state index contributed by atoms with van der Waals surface area (Å²) in [5.74, 6) is 5.99. The van der Waals surface area contributed by atoms with Crippen LogP contribution in [0.25, 0.3) is 87.1 Å². The number of hydrogen-bond donors (Lipinski definition) is 0. The molecule has 0 radical (unpaired) electrons. The molecule has 0 fully saturated rings. The lowest BCUT2D eigenvalue weighted by atomic mass is 9.81. The van der Waals surface area contributed by atoms with Gasteiger partial charge in [0.2, 0.25) is 0 Å². The molecule has 0 saturated carbocycles. The fraction of sp³-hybridized carbons (Fsp3) is 0.348. The van der Waals surface area contributed by atoms with Crippen LogP contribution in [0.1, 0.15) is 285 Å². The van der Waals surface area contributed by atoms with Crippen molar-refractivity contribution in [3.63, 3.8) is 0 Å². The minimum atomic E-state index is -0.245. The molecule has 0 aliphatic rings. The van der Waals surface area contributed by atoms with E-state index < -0.39 is 0 Å². The first-order chi connectivity index (χ1) is 67.1. The monoisotopic (exact) mass is 1930 g/mol. The fourth-order valence-electron chi connectivity index (χ4n) is 17.7. The van der Waals surface area contributed by atoms with Crippen LogP contribution in [0.2, 0.25) is 0 Å². The summed E-state index contributed by atoms with van der Waals surface area (Å²) in [7, 11) is 0. The molecule has 760 valence electrons. The van der Waals surface area contributed by atoms with E-state index in [1.165, 1.54) is 110 Å². The summed E-state index contributed by atoms with van der Waals surface area (Å²) in [6.07, 6.45) is 11.2. The van der Waals surface area contributed by atoms with Gasteiger partial charge < -0.3 is 18.3 Å². The zero-order chi connectivity index (χ0) is 107. The number of aryl methyl sites for hydroxylation is 9. The van der Waals surface area contributed by atoms with Crippen molar-refractivity contribution in [1.29, 1.82) is 0 Å². The Morgan fingerprint density at radius 1 is 0.262 bits per heavy atom. The van der Waals surface area contributed by atoms with Crippen molar-refractivity contribution in [3.05, 3.63) is 431 Å². The van der Waals surface area contributed by atoms with E-state index in [1.54, 1.807) is 28.5 Å². The standard InChI is InChI=1S/C16H17NO.C16H20.C15H18.C14H17NO.C14H16.C13H15NO.C13H20.C12H18.C11H14N2.C10H8N2.CH4/c1-5-8-12-11-17(16(2,3)4)15(18)14-10-7-6-9-13(12)14;1-11-10-15(16(3,4)5)12(2)14-9-7-6-8-13(11)14;1-11-9-13(15(2,3)4)10-12-7-5-6-8-14(11)12;1-10-9-11-7-5-6-8-12(11)13(16)15(10)14(2,3)4;1-14(2,3)13-9-8-11-6-4-5-7-12(11)10-13;1-13(2,3)14-9-8-10-6-4-5-7-11(10)12(14)15;1-9-7-11(3)12(8-10(9)2)13(4,5)6;1-9-6-10(2)8-11(7-9)12(3,4)5;1-11(2,3)13-8-6-9-5-4-7-12-10(9)13;1-3-7-11-9(5-1)10-6-2-4-8-12-10;/h6-7,9-11H,1-4H3;6-10H,1-5H3;5-10H,1-4H3;5-9H,1-4H3;4-10H,1-3H3;4-9H,1-3H3;7-8H,1-6H3;6-8H,1-5H3;4-8H,1-3H3;1-8H;1H4. The number of aromatic nitrogens is 7. The Labute approximate surface area is 870 Å². The van der Waals surface area contributed by atoms with Gasteiger partial charge in [0.15, 0.2) is 0 Å². The molecule has 0 bridgehead atoms. The SMILES string of the molecule is C.CC#Cc1cn(C(C)(C)C)c(=O)c2ccccc12.CC(C)(C)c1ccc2ccccc2c1.CC(C)(C)n1ccc2ccccc2c1=O.CC(C)(C)n1ccc2cccnc21.Cc1cc(C(C)(C)C)c(C)c2ccccc12.Cc1cc(C(C)(C)C)cc2ccccc12.Cc1cc(C)c(C(C)(C)C)cc1C.Cc1cc(C)cc(C(C)(C)C)c1.Cc1cc2ccccc2c(=O)n1C(C)(C)C.c1ccc(-c2ccccn2)nc1. The predicted octanol–water partition coefficient (Wildman–Crippen LogP) is 35.4. The number of fused-ring (bicyclic) bond motifs is 7. The van der Waals surface area contributed by atoms with Gasteiger partial charge in [-0.1, -0.05) is 335 Å². The summed E-state index contributed by atoms with van der Waals surface area (Å²) in [4.78, 5) is 49.7. The molecule has 7 heterocycles. The zero-order valence-electron chi connectivity index (χ0n) is 93.9. The van der Waals surface area contributed by atoms with Crippen molar-refractivity contribution in [2.75, 3.05) is 0 Å². The summed E-state index contributed by atoms with van der Waals surface area (Å²) >= 11 is 0. The second-order valence-corrected chi connectivity index (χ2v) is 47.3. The van der Waals surface area contributed by atoms with Crippen molar-refractivity contribution in [2.24, 2.45) is 0 Å². The maximum Gasteiger partial charge on any atom is 0.259 e. The Morgan fingerprint density at radius 2 is 0.655 bits per heavy atom. The van der Waals surface area contributed by atoms with E-state index >= 15 is 0 Å². The van der Waals surface area contributed by atoms with Crippen LogP contribution in [0.3, 0.4) is 0 Å². The first-order valence-corrected chi connectivity index (χ1v) is 50.8. The summed E-state index contributed by atoms with van der Waals surface area (Å²) in [6, 6.07) is 95.7. The number of nitrogens with zero attached hydrogens (tertiary/aromatic N) is 7. The van der Waals surface area contributed by atoms with E-state index in [9.17, 15) is 14.4 Å². The smallest absolute Gasteiger partial charge is 0.259 e. The molecule has 18 rings (SSSR count). The van der Waals surface area contributed by atoms with Gasteiger partial charge in [-0.15, -0.1) is 5.92 Å². The van der Waals surface area contributed by atoms with E-state index in [0.29, 0.717) is 0 Å². The number of rotatable bonds is 1. The summed E-state index contributed by atoms with van der Waals surface area (Å²) < 4.78 is 7.59. The van der Waals surface area contributed by atoms with Crippen LogP contribution >= 0.6 is 0 Å². The van der Waals surface area contributed by atoms with Gasteiger partial charge in [-0.3, -0.25) is 24.4 Å². The molecule has 10 nitrogen and oxygen atoms in total. The molecule has 145 heavy (non-hydrogen) atoms. The van der Waals surface area contributed by atoms with Gasteiger partial charge >= 0.3 is 0 Å². The normalized spacial score (nSPS) is 11.6. The Morgan fingerprint density at radius 3 is 1.15 bits per heavy atom. The lowest BCUT2D eigenvalue weighted by molar-refractivity contribution is 0.378. The lowest BCUT2D eigenvalue weighted by Gasteiger charge is -2.25. The third-order valence-electron chi connectivity index (χ3n) is 25.6. The summed E-state index contributed by atoms with van der Waals surface area (Å²) in [6.45, 7) is 80.1. The first-order valence-electron chi connectivity index (χ1n) is 50.8. The molecule has 0 aliphatic carbocycles. The van der Waals surface area contributed by atoms with Gasteiger partial charge in [0.1, 0.15) is 5.65 Å². The number of hydrogen-bond acceptors (Lipinski definition) is 6. The average molecular weight is 1940 g/mol. The highest BCUT2D eigenvalue weighted by Gasteiger charge is 2.25. The predicted molar refractivity (Wildman–Crippen MR) is 632 cm³/mol. The van der Waals surface area contributed by atoms with Gasteiger partial charge in [-0.25, -0.2) is 4.98 Å². The quantitative estimate of drug-likeness (QED) is 0.151. The largest absolute Gasteiger partial charge is 0.327 e. The van der Waals surface area contributed by atoms with Crippen LogP contribution in [-0.2, 0) is 49.2 Å². The van der Waals surface area contributed by atoms with Gasteiger partial charge in [0.05, 0.1) is 11.4 Å². The maximum absolute atomic E-state index is 12.4. The topological polar surface area (TPSA) is 110 Å². The molecule has 10 heteroatoms. The third kappa shape index (κ3) is 31.9. The molecule has 0 atom stereocenters. The number of pyridine rings is 6. The molecule has 0 amide bonds. The van der Waals surface area contributed by atoms with Crippen LogP contribution < -0.4 is 16.7 Å². The maximum atomic E-state index is 12.4. The highest BCUT2D eigenvalue weighted by Crippen LogP contribution is 2.36. The van der Waals surface area contributed by atoms with Gasteiger partial charge in [0, 0.05) is 97.5 Å². The van der Waals surface area contributed by atoms with Crippen LogP contribution in [0.4, 0.5) is 0 Å². The van der Waals surface area contributed by atoms with E-state index in [4.69, 9.17) is 0 Å². The van der Waals surface area contributed by atoms with Crippen molar-refractivity contribution >= 4 is 75.7 Å². The first kappa shape index (κ1) is 117. The van der Waals surface area contributed by atoms with Crippen LogP contribution in [-0.4, -0.2) is 33.2 Å².